The number of hydrogen-bond donors (Lipinski definition) is 2. The van der Waals surface area contributed by atoms with Gasteiger partial charge in [0.1, 0.15) is 0 Å². The lowest BCUT2D eigenvalue weighted by Crippen LogP contribution is -2.10. The molecular formula is C14H14N2O. The predicted octanol–water partition coefficient (Wildman–Crippen LogP) is 2.34. The molecule has 0 aliphatic carbocycles. The second kappa shape index (κ2) is 4.29. The minimum Gasteiger partial charge on any atom is -0.398 e. The minimum absolute atomic E-state index is 0.417. The molecule has 0 atom stereocenters. The molecule has 3 nitrogen and oxygen atoms in total. The first kappa shape index (κ1) is 11.2. The van der Waals surface area contributed by atoms with E-state index >= 15 is 0 Å². The van der Waals surface area contributed by atoms with Crippen molar-refractivity contribution >= 4 is 11.6 Å². The van der Waals surface area contributed by atoms with Gasteiger partial charge in [-0.2, -0.15) is 0 Å². The molecule has 17 heavy (non-hydrogen) atoms. The molecule has 0 bridgehead atoms. The van der Waals surface area contributed by atoms with Crippen molar-refractivity contribution in [2.75, 3.05) is 5.73 Å². The van der Waals surface area contributed by atoms with Crippen molar-refractivity contribution in [1.82, 2.24) is 0 Å². The van der Waals surface area contributed by atoms with E-state index in [9.17, 15) is 4.79 Å². The third-order valence-electron chi connectivity index (χ3n) is 2.78. The minimum atomic E-state index is -0.417. The molecule has 2 rings (SSSR count). The third-order valence-corrected chi connectivity index (χ3v) is 2.78. The van der Waals surface area contributed by atoms with E-state index in [0.717, 1.165) is 22.4 Å². The maximum absolute atomic E-state index is 10.9. The van der Waals surface area contributed by atoms with Crippen LogP contribution in [0.2, 0.25) is 0 Å². The molecule has 0 aliphatic rings. The van der Waals surface area contributed by atoms with Gasteiger partial charge in [0.15, 0.2) is 0 Å². The normalized spacial score (nSPS) is 10.2. The molecule has 0 saturated carbocycles. The topological polar surface area (TPSA) is 69.1 Å². The first-order chi connectivity index (χ1) is 8.08. The molecule has 0 radical (unpaired) electrons. The van der Waals surface area contributed by atoms with E-state index in [-0.39, 0.29) is 0 Å². The Morgan fingerprint density at radius 1 is 1.00 bits per heavy atom. The predicted molar refractivity (Wildman–Crippen MR) is 69.5 cm³/mol. The molecule has 86 valence electrons. The number of aryl methyl sites for hydroxylation is 1. The smallest absolute Gasteiger partial charge is 0.248 e. The Labute approximate surface area is 100 Å². The van der Waals surface area contributed by atoms with E-state index in [4.69, 9.17) is 11.5 Å². The van der Waals surface area contributed by atoms with Crippen LogP contribution in [0.1, 0.15) is 15.9 Å². The fourth-order valence-electron chi connectivity index (χ4n) is 1.65. The van der Waals surface area contributed by atoms with Gasteiger partial charge < -0.3 is 11.5 Å². The third kappa shape index (κ3) is 2.28. The first-order valence-corrected chi connectivity index (χ1v) is 5.34. The van der Waals surface area contributed by atoms with E-state index in [1.54, 1.807) is 12.1 Å². The second-order valence-electron chi connectivity index (χ2n) is 4.01. The molecule has 3 heteroatoms. The van der Waals surface area contributed by atoms with Crippen LogP contribution in [-0.2, 0) is 0 Å². The summed E-state index contributed by atoms with van der Waals surface area (Å²) in [6.07, 6.45) is 0. The van der Waals surface area contributed by atoms with Crippen LogP contribution in [0.3, 0.4) is 0 Å². The maximum Gasteiger partial charge on any atom is 0.248 e. The van der Waals surface area contributed by atoms with Gasteiger partial charge in [0.25, 0.3) is 0 Å². The lowest BCUT2D eigenvalue weighted by molar-refractivity contribution is 0.100. The molecule has 2 aromatic carbocycles. The zero-order chi connectivity index (χ0) is 12.4. The highest BCUT2D eigenvalue weighted by atomic mass is 16.1. The molecule has 1 amide bonds. The van der Waals surface area contributed by atoms with E-state index in [2.05, 4.69) is 0 Å². The van der Waals surface area contributed by atoms with Crippen LogP contribution in [0.15, 0.2) is 42.5 Å². The summed E-state index contributed by atoms with van der Waals surface area (Å²) in [4.78, 5) is 10.9. The Kier molecular flexibility index (Phi) is 2.83. The second-order valence-corrected chi connectivity index (χ2v) is 4.01. The summed E-state index contributed by atoms with van der Waals surface area (Å²) in [7, 11) is 0. The molecular weight excluding hydrogens is 212 g/mol. The molecule has 0 spiro atoms. The molecule has 0 heterocycles. The van der Waals surface area contributed by atoms with Gasteiger partial charge in [-0.25, -0.2) is 0 Å². The van der Waals surface area contributed by atoms with Crippen molar-refractivity contribution in [3.63, 3.8) is 0 Å². The van der Waals surface area contributed by atoms with Crippen LogP contribution in [0.5, 0.6) is 0 Å². The standard InChI is InChI=1S/C14H14N2O/c1-9-2-3-12(8-13(9)15)10-4-6-11(7-5-10)14(16)17/h2-8H,15H2,1H3,(H2,16,17). The molecule has 0 aromatic heterocycles. The zero-order valence-electron chi connectivity index (χ0n) is 9.60. The quantitative estimate of drug-likeness (QED) is 0.772. The monoisotopic (exact) mass is 226 g/mol. The zero-order valence-corrected chi connectivity index (χ0v) is 9.60. The van der Waals surface area contributed by atoms with E-state index in [1.807, 2.05) is 37.3 Å². The Balaban J connectivity index is 2.39. The average Bonchev–Trinajstić information content (AvgIpc) is 2.33. The Hall–Kier alpha value is -2.29. The lowest BCUT2D eigenvalue weighted by atomic mass is 10.0. The molecule has 0 aliphatic heterocycles. The number of benzene rings is 2. The van der Waals surface area contributed by atoms with Crippen LogP contribution in [0.25, 0.3) is 11.1 Å². The van der Waals surface area contributed by atoms with Gasteiger partial charge in [0.2, 0.25) is 5.91 Å². The van der Waals surface area contributed by atoms with Gasteiger partial charge in [0, 0.05) is 11.3 Å². The highest BCUT2D eigenvalue weighted by Gasteiger charge is 2.02. The van der Waals surface area contributed by atoms with E-state index in [1.165, 1.54) is 0 Å². The van der Waals surface area contributed by atoms with E-state index in [0.29, 0.717) is 5.56 Å². The number of anilines is 1. The van der Waals surface area contributed by atoms with Gasteiger partial charge in [-0.15, -0.1) is 0 Å². The van der Waals surface area contributed by atoms with Crippen LogP contribution in [0.4, 0.5) is 5.69 Å². The van der Waals surface area contributed by atoms with Crippen LogP contribution < -0.4 is 11.5 Å². The molecule has 0 unspecified atom stereocenters. The maximum atomic E-state index is 10.9. The Bertz CT molecular complexity index is 559. The number of carbonyl (C=O) groups is 1. The van der Waals surface area contributed by atoms with E-state index < -0.39 is 5.91 Å². The largest absolute Gasteiger partial charge is 0.398 e. The van der Waals surface area contributed by atoms with Crippen LogP contribution in [-0.4, -0.2) is 5.91 Å². The highest BCUT2D eigenvalue weighted by molar-refractivity contribution is 5.93. The molecule has 0 fully saturated rings. The summed E-state index contributed by atoms with van der Waals surface area (Å²) in [6.45, 7) is 1.97. The lowest BCUT2D eigenvalue weighted by Gasteiger charge is -2.06. The van der Waals surface area contributed by atoms with Crippen molar-refractivity contribution in [3.05, 3.63) is 53.6 Å². The van der Waals surface area contributed by atoms with Crippen molar-refractivity contribution in [2.24, 2.45) is 5.73 Å². The van der Waals surface area contributed by atoms with Gasteiger partial charge in [-0.3, -0.25) is 4.79 Å². The number of amides is 1. The molecule has 4 N–H and O–H groups in total. The van der Waals surface area contributed by atoms with Gasteiger partial charge >= 0.3 is 0 Å². The van der Waals surface area contributed by atoms with Gasteiger partial charge in [0.05, 0.1) is 0 Å². The van der Waals surface area contributed by atoms with Crippen LogP contribution in [0, 0.1) is 6.92 Å². The summed E-state index contributed by atoms with van der Waals surface area (Å²) in [6, 6.07) is 13.1. The van der Waals surface area contributed by atoms with Crippen molar-refractivity contribution in [2.45, 2.75) is 6.92 Å². The highest BCUT2D eigenvalue weighted by Crippen LogP contribution is 2.23. The van der Waals surface area contributed by atoms with Gasteiger partial charge in [-0.1, -0.05) is 24.3 Å². The van der Waals surface area contributed by atoms with Crippen molar-refractivity contribution in [1.29, 1.82) is 0 Å². The fraction of sp³-hybridized carbons (Fsp3) is 0.0714. The summed E-state index contributed by atoms with van der Waals surface area (Å²) in [5.41, 5.74) is 15.4. The number of carbonyl (C=O) groups excluding carboxylic acids is 1. The number of hydrogen-bond acceptors (Lipinski definition) is 2. The summed E-state index contributed by atoms with van der Waals surface area (Å²) >= 11 is 0. The summed E-state index contributed by atoms with van der Waals surface area (Å²) < 4.78 is 0. The fourth-order valence-corrected chi connectivity index (χ4v) is 1.65. The Morgan fingerprint density at radius 2 is 1.59 bits per heavy atom. The molecule has 2 aromatic rings. The number of nitrogen functional groups attached to an aromatic ring is 1. The summed E-state index contributed by atoms with van der Waals surface area (Å²) in [5, 5.41) is 0. The van der Waals surface area contributed by atoms with Crippen LogP contribution >= 0.6 is 0 Å². The first-order valence-electron chi connectivity index (χ1n) is 5.34. The average molecular weight is 226 g/mol. The van der Waals surface area contributed by atoms with Gasteiger partial charge in [-0.05, 0) is 41.8 Å². The number of nitrogens with two attached hydrogens (primary N) is 2. The van der Waals surface area contributed by atoms with Crippen molar-refractivity contribution in [3.8, 4) is 11.1 Å². The molecule has 0 saturated heterocycles. The summed E-state index contributed by atoms with van der Waals surface area (Å²) in [5.74, 6) is -0.417. The van der Waals surface area contributed by atoms with Crippen molar-refractivity contribution < 1.29 is 4.79 Å². The Morgan fingerprint density at radius 3 is 2.12 bits per heavy atom. The number of primary amides is 1. The number of rotatable bonds is 2. The SMILES string of the molecule is Cc1ccc(-c2ccc(C(N)=O)cc2)cc1N.